The van der Waals surface area contributed by atoms with Crippen molar-refractivity contribution in [2.45, 2.75) is 25.0 Å². The van der Waals surface area contributed by atoms with Crippen molar-refractivity contribution >= 4 is 17.8 Å². The zero-order chi connectivity index (χ0) is 16.0. The first-order valence-electron chi connectivity index (χ1n) is 7.60. The molecule has 2 amide bonds. The minimum atomic E-state index is -0.963. The molecule has 2 aliphatic heterocycles. The Morgan fingerprint density at radius 1 is 1.13 bits per heavy atom. The molecule has 1 saturated carbocycles. The summed E-state index contributed by atoms with van der Waals surface area (Å²) < 4.78 is 11.2. The van der Waals surface area contributed by atoms with E-state index in [1.807, 2.05) is 0 Å². The van der Waals surface area contributed by atoms with Gasteiger partial charge in [-0.15, -0.1) is 0 Å². The average molecular weight is 317 g/mol. The number of nitrogens with zero attached hydrogens (tertiary/aromatic N) is 1. The van der Waals surface area contributed by atoms with Gasteiger partial charge in [0.25, 0.3) is 11.8 Å². The Labute approximate surface area is 132 Å². The number of hydroxylamine groups is 2. The van der Waals surface area contributed by atoms with Crippen molar-refractivity contribution in [2.24, 2.45) is 5.92 Å². The lowest BCUT2D eigenvalue weighted by molar-refractivity contribution is -0.212. The van der Waals surface area contributed by atoms with Gasteiger partial charge in [-0.3, -0.25) is 9.59 Å². The van der Waals surface area contributed by atoms with Crippen LogP contribution in [0.4, 0.5) is 0 Å². The number of rotatable bonds is 2. The normalized spacial score (nSPS) is 25.2. The van der Waals surface area contributed by atoms with Crippen LogP contribution in [0, 0.1) is 5.92 Å². The first-order valence-corrected chi connectivity index (χ1v) is 7.60. The van der Waals surface area contributed by atoms with E-state index in [0.717, 1.165) is 6.42 Å². The number of ether oxygens (including phenoxy) is 2. The minimum Gasteiger partial charge on any atom is -0.347 e. The number of amides is 2. The SMILES string of the molecule is O=C(ON1C(=O)c2ccccc2C1=O)C1CCCC12OCCO2. The highest BCUT2D eigenvalue weighted by Crippen LogP contribution is 2.43. The maximum atomic E-state index is 12.5. The average Bonchev–Trinajstić information content (AvgIpc) is 3.26. The van der Waals surface area contributed by atoms with Crippen molar-refractivity contribution in [3.05, 3.63) is 35.4 Å². The number of hydrogen-bond acceptors (Lipinski definition) is 6. The molecule has 0 N–H and O–H groups in total. The number of carbonyl (C=O) groups excluding carboxylic acids is 3. The topological polar surface area (TPSA) is 82.1 Å². The lowest BCUT2D eigenvalue weighted by atomic mass is 10.0. The van der Waals surface area contributed by atoms with Crippen molar-refractivity contribution < 1.29 is 28.7 Å². The summed E-state index contributed by atoms with van der Waals surface area (Å²) in [5.41, 5.74) is 0.472. The van der Waals surface area contributed by atoms with Gasteiger partial charge >= 0.3 is 5.97 Å². The molecule has 7 nitrogen and oxygen atoms in total. The van der Waals surface area contributed by atoms with Crippen molar-refractivity contribution in [3.63, 3.8) is 0 Å². The molecule has 1 saturated heterocycles. The lowest BCUT2D eigenvalue weighted by Gasteiger charge is -2.28. The molecular weight excluding hydrogens is 302 g/mol. The van der Waals surface area contributed by atoms with Crippen LogP contribution in [0.3, 0.4) is 0 Å². The summed E-state index contributed by atoms with van der Waals surface area (Å²) in [5.74, 6) is -3.51. The van der Waals surface area contributed by atoms with Crippen LogP contribution in [0.15, 0.2) is 24.3 Å². The summed E-state index contributed by atoms with van der Waals surface area (Å²) in [6.45, 7) is 0.855. The Morgan fingerprint density at radius 3 is 2.35 bits per heavy atom. The summed E-state index contributed by atoms with van der Waals surface area (Å²) in [7, 11) is 0. The molecule has 4 rings (SSSR count). The number of imide groups is 1. The maximum absolute atomic E-state index is 12.5. The monoisotopic (exact) mass is 317 g/mol. The number of fused-ring (bicyclic) bond motifs is 1. The van der Waals surface area contributed by atoms with Crippen LogP contribution in [0.5, 0.6) is 0 Å². The first kappa shape index (κ1) is 14.3. The molecule has 1 spiro atoms. The Balaban J connectivity index is 1.54. The highest BCUT2D eigenvalue weighted by molar-refractivity contribution is 6.20. The van der Waals surface area contributed by atoms with Crippen LogP contribution in [0.1, 0.15) is 40.0 Å². The molecule has 1 aromatic carbocycles. The molecule has 0 radical (unpaired) electrons. The van der Waals surface area contributed by atoms with Gasteiger partial charge in [0, 0.05) is 6.42 Å². The van der Waals surface area contributed by atoms with Gasteiger partial charge in [-0.1, -0.05) is 17.2 Å². The molecule has 1 aromatic rings. The van der Waals surface area contributed by atoms with Crippen molar-refractivity contribution in [2.75, 3.05) is 13.2 Å². The van der Waals surface area contributed by atoms with Gasteiger partial charge in [0.2, 0.25) is 0 Å². The summed E-state index contributed by atoms with van der Waals surface area (Å²) in [4.78, 5) is 42.1. The second kappa shape index (κ2) is 5.14. The van der Waals surface area contributed by atoms with E-state index in [2.05, 4.69) is 0 Å². The van der Waals surface area contributed by atoms with E-state index in [1.165, 1.54) is 12.1 Å². The number of carbonyl (C=O) groups is 3. The fourth-order valence-corrected chi connectivity index (χ4v) is 3.46. The zero-order valence-electron chi connectivity index (χ0n) is 12.3. The molecule has 1 unspecified atom stereocenters. The molecule has 23 heavy (non-hydrogen) atoms. The Hall–Kier alpha value is -2.25. The fraction of sp³-hybridized carbons (Fsp3) is 0.438. The summed E-state index contributed by atoms with van der Waals surface area (Å²) >= 11 is 0. The van der Waals surface area contributed by atoms with E-state index >= 15 is 0 Å². The van der Waals surface area contributed by atoms with Crippen LogP contribution >= 0.6 is 0 Å². The molecule has 1 atom stereocenters. The summed E-state index contributed by atoms with van der Waals surface area (Å²) in [5, 5.41) is 0.536. The molecule has 120 valence electrons. The highest BCUT2D eigenvalue weighted by Gasteiger charge is 2.53. The largest absolute Gasteiger partial charge is 0.347 e. The van der Waals surface area contributed by atoms with Gasteiger partial charge < -0.3 is 14.3 Å². The standard InChI is InChI=1S/C16H15NO6/c18-13-10-4-1-2-5-11(10)14(19)17(13)23-15(20)12-6-3-7-16(12)21-8-9-22-16/h1-2,4-5,12H,3,6-9H2. The fourth-order valence-electron chi connectivity index (χ4n) is 3.46. The van der Waals surface area contributed by atoms with Gasteiger partial charge in [0.1, 0.15) is 5.92 Å². The molecule has 2 heterocycles. The first-order chi connectivity index (χ1) is 11.1. The van der Waals surface area contributed by atoms with E-state index in [-0.39, 0.29) is 11.1 Å². The minimum absolute atomic E-state index is 0.236. The van der Waals surface area contributed by atoms with Crippen molar-refractivity contribution in [1.29, 1.82) is 0 Å². The third-order valence-electron chi connectivity index (χ3n) is 4.55. The van der Waals surface area contributed by atoms with Crippen LogP contribution in [0.25, 0.3) is 0 Å². The smallest absolute Gasteiger partial charge is 0.341 e. The van der Waals surface area contributed by atoms with Crippen LogP contribution < -0.4 is 0 Å². The molecule has 1 aliphatic carbocycles. The van der Waals surface area contributed by atoms with Crippen molar-refractivity contribution in [3.8, 4) is 0 Å². The molecule has 7 heteroatoms. The van der Waals surface area contributed by atoms with Gasteiger partial charge in [-0.05, 0) is 25.0 Å². The second-order valence-electron chi connectivity index (χ2n) is 5.81. The number of benzene rings is 1. The summed E-state index contributed by atoms with van der Waals surface area (Å²) in [6.07, 6.45) is 1.92. The Morgan fingerprint density at radius 2 is 1.74 bits per heavy atom. The third kappa shape index (κ3) is 2.08. The molecular formula is C16H15NO6. The molecule has 3 aliphatic rings. The second-order valence-corrected chi connectivity index (χ2v) is 5.81. The Kier molecular flexibility index (Phi) is 3.21. The number of hydrogen-bond donors (Lipinski definition) is 0. The highest BCUT2D eigenvalue weighted by atomic mass is 16.8. The Bertz CT molecular complexity index is 653. The van der Waals surface area contributed by atoms with Gasteiger partial charge in [0.15, 0.2) is 5.79 Å². The van der Waals surface area contributed by atoms with Crippen LogP contribution in [-0.4, -0.2) is 41.8 Å². The maximum Gasteiger partial charge on any atom is 0.341 e. The van der Waals surface area contributed by atoms with Crippen LogP contribution in [0.2, 0.25) is 0 Å². The van der Waals surface area contributed by atoms with E-state index in [4.69, 9.17) is 14.3 Å². The molecule has 2 fully saturated rings. The van der Waals surface area contributed by atoms with Crippen LogP contribution in [-0.2, 0) is 19.1 Å². The van der Waals surface area contributed by atoms with Gasteiger partial charge in [0.05, 0.1) is 24.3 Å². The van der Waals surface area contributed by atoms with Gasteiger partial charge in [-0.2, -0.15) is 0 Å². The van der Waals surface area contributed by atoms with Gasteiger partial charge in [-0.25, -0.2) is 4.79 Å². The lowest BCUT2D eigenvalue weighted by Crippen LogP contribution is -2.43. The molecule has 0 bridgehead atoms. The van der Waals surface area contributed by atoms with E-state index < -0.39 is 29.5 Å². The molecule has 0 aromatic heterocycles. The third-order valence-corrected chi connectivity index (χ3v) is 4.55. The zero-order valence-corrected chi connectivity index (χ0v) is 12.3. The van der Waals surface area contributed by atoms with E-state index in [9.17, 15) is 14.4 Å². The summed E-state index contributed by atoms with van der Waals surface area (Å²) in [6, 6.07) is 6.37. The predicted molar refractivity (Wildman–Crippen MR) is 75.0 cm³/mol. The predicted octanol–water partition coefficient (Wildman–Crippen LogP) is 1.28. The van der Waals surface area contributed by atoms with E-state index in [0.29, 0.717) is 31.1 Å². The van der Waals surface area contributed by atoms with Crippen molar-refractivity contribution in [1.82, 2.24) is 5.06 Å². The van der Waals surface area contributed by atoms with E-state index in [1.54, 1.807) is 12.1 Å². The quantitative estimate of drug-likeness (QED) is 0.764.